The predicted octanol–water partition coefficient (Wildman–Crippen LogP) is 2.70. The summed E-state index contributed by atoms with van der Waals surface area (Å²) in [5.41, 5.74) is 0.745. The summed E-state index contributed by atoms with van der Waals surface area (Å²) in [5, 5.41) is 9.73. The molecule has 0 saturated carbocycles. The number of phenolic OH excluding ortho intramolecular Hbond substituents is 1. The molecule has 1 N–H and O–H groups in total. The van der Waals surface area contributed by atoms with E-state index in [0.717, 1.165) is 5.56 Å². The summed E-state index contributed by atoms with van der Waals surface area (Å²) in [6.07, 6.45) is 0.0656. The van der Waals surface area contributed by atoms with Gasteiger partial charge >= 0.3 is 0 Å². The molecule has 0 amide bonds. The van der Waals surface area contributed by atoms with Crippen molar-refractivity contribution in [3.8, 4) is 5.75 Å². The average molecular weight is 194 g/mol. The number of aromatic hydroxyl groups is 1. The summed E-state index contributed by atoms with van der Waals surface area (Å²) in [7, 11) is 1.69. The van der Waals surface area contributed by atoms with Gasteiger partial charge in [0.2, 0.25) is 0 Å². The monoisotopic (exact) mass is 194 g/mol. The van der Waals surface area contributed by atoms with Crippen LogP contribution in [0.3, 0.4) is 0 Å². The molecule has 2 heteroatoms. The number of hydrogen-bond acceptors (Lipinski definition) is 2. The van der Waals surface area contributed by atoms with E-state index in [-0.39, 0.29) is 11.5 Å². The summed E-state index contributed by atoms with van der Waals surface area (Å²) in [4.78, 5) is 0. The zero-order valence-electron chi connectivity index (χ0n) is 9.24. The maximum atomic E-state index is 9.73. The average Bonchev–Trinajstić information content (AvgIpc) is 2.17. The lowest BCUT2D eigenvalue weighted by Crippen LogP contribution is -2.32. The third-order valence-corrected chi connectivity index (χ3v) is 2.97. The van der Waals surface area contributed by atoms with E-state index < -0.39 is 0 Å². The van der Waals surface area contributed by atoms with Crippen LogP contribution in [0.5, 0.6) is 5.75 Å². The largest absolute Gasteiger partial charge is 0.508 e. The summed E-state index contributed by atoms with van der Waals surface area (Å²) in [5.74, 6) is 0.335. The highest BCUT2D eigenvalue weighted by Gasteiger charge is 2.30. The highest BCUT2D eigenvalue weighted by Crippen LogP contribution is 2.34. The molecule has 0 heterocycles. The minimum atomic E-state index is -0.180. The molecule has 0 fully saturated rings. The Morgan fingerprint density at radius 3 is 2.36 bits per heavy atom. The molecule has 0 bridgehead atoms. The van der Waals surface area contributed by atoms with Crippen LogP contribution >= 0.6 is 0 Å². The fourth-order valence-corrected chi connectivity index (χ4v) is 1.53. The predicted molar refractivity (Wildman–Crippen MR) is 57.6 cm³/mol. The lowest BCUT2D eigenvalue weighted by Gasteiger charge is -2.31. The van der Waals surface area contributed by atoms with Gasteiger partial charge in [0.1, 0.15) is 5.75 Å². The Morgan fingerprint density at radius 1 is 1.29 bits per heavy atom. The molecule has 0 aromatic heterocycles. The van der Waals surface area contributed by atoms with Crippen LogP contribution in [0, 0.1) is 0 Å². The van der Waals surface area contributed by atoms with Crippen molar-refractivity contribution >= 4 is 0 Å². The van der Waals surface area contributed by atoms with E-state index in [1.54, 1.807) is 13.2 Å². The van der Waals surface area contributed by atoms with Gasteiger partial charge in [-0.1, -0.05) is 32.0 Å². The van der Waals surface area contributed by atoms with Crippen molar-refractivity contribution in [1.82, 2.24) is 0 Å². The third kappa shape index (κ3) is 1.90. The molecule has 1 aromatic rings. The van der Waals surface area contributed by atoms with Gasteiger partial charge in [-0.25, -0.2) is 0 Å². The standard InChI is InChI=1S/C12H18O2/c1-9(14-4)12(2,3)10-7-5-6-8-11(10)13/h5-9,13H,1-4H3. The smallest absolute Gasteiger partial charge is 0.119 e. The van der Waals surface area contributed by atoms with E-state index in [1.807, 2.05) is 25.1 Å². The normalized spacial score (nSPS) is 14.0. The van der Waals surface area contributed by atoms with Crippen LogP contribution in [0.4, 0.5) is 0 Å². The summed E-state index contributed by atoms with van der Waals surface area (Å²) >= 11 is 0. The molecular weight excluding hydrogens is 176 g/mol. The Balaban J connectivity index is 3.09. The van der Waals surface area contributed by atoms with Crippen LogP contribution < -0.4 is 0 Å². The minimum absolute atomic E-state index is 0.0656. The van der Waals surface area contributed by atoms with Crippen LogP contribution in [0.15, 0.2) is 24.3 Å². The first-order chi connectivity index (χ1) is 6.50. The molecule has 0 saturated heterocycles. The quantitative estimate of drug-likeness (QED) is 0.801. The van der Waals surface area contributed by atoms with Crippen LogP contribution in [0.25, 0.3) is 0 Å². The molecule has 0 spiro atoms. The van der Waals surface area contributed by atoms with Gasteiger partial charge in [-0.05, 0) is 13.0 Å². The van der Waals surface area contributed by atoms with E-state index in [9.17, 15) is 5.11 Å². The molecule has 0 radical (unpaired) electrons. The van der Waals surface area contributed by atoms with Crippen molar-refractivity contribution in [3.63, 3.8) is 0 Å². The molecule has 0 aliphatic heterocycles. The second-order valence-corrected chi connectivity index (χ2v) is 4.12. The fraction of sp³-hybridized carbons (Fsp3) is 0.500. The van der Waals surface area contributed by atoms with Gasteiger partial charge in [0.05, 0.1) is 6.10 Å². The molecule has 1 rings (SSSR count). The van der Waals surface area contributed by atoms with Crippen LogP contribution in [0.1, 0.15) is 26.3 Å². The van der Waals surface area contributed by atoms with E-state index in [1.165, 1.54) is 0 Å². The van der Waals surface area contributed by atoms with Crippen molar-refractivity contribution < 1.29 is 9.84 Å². The van der Waals surface area contributed by atoms with Crippen molar-refractivity contribution in [3.05, 3.63) is 29.8 Å². The summed E-state index contributed by atoms with van der Waals surface area (Å²) < 4.78 is 5.31. The molecule has 0 aliphatic rings. The lowest BCUT2D eigenvalue weighted by molar-refractivity contribution is 0.0597. The summed E-state index contributed by atoms with van der Waals surface area (Å²) in [6, 6.07) is 7.40. The zero-order chi connectivity index (χ0) is 10.8. The number of methoxy groups -OCH3 is 1. The number of phenols is 1. The molecular formula is C12H18O2. The maximum absolute atomic E-state index is 9.73. The van der Waals surface area contributed by atoms with Gasteiger partial charge in [0.15, 0.2) is 0 Å². The van der Waals surface area contributed by atoms with Gasteiger partial charge < -0.3 is 9.84 Å². The Hall–Kier alpha value is -1.02. The fourth-order valence-electron chi connectivity index (χ4n) is 1.53. The Kier molecular flexibility index (Phi) is 3.17. The third-order valence-electron chi connectivity index (χ3n) is 2.97. The first-order valence-corrected chi connectivity index (χ1v) is 4.81. The van der Waals surface area contributed by atoms with Crippen LogP contribution in [-0.4, -0.2) is 18.3 Å². The zero-order valence-corrected chi connectivity index (χ0v) is 9.24. The lowest BCUT2D eigenvalue weighted by atomic mass is 9.79. The molecule has 0 aliphatic carbocycles. The van der Waals surface area contributed by atoms with Crippen molar-refractivity contribution in [2.24, 2.45) is 0 Å². The summed E-state index contributed by atoms with van der Waals surface area (Å²) in [6.45, 7) is 6.14. The maximum Gasteiger partial charge on any atom is 0.119 e. The molecule has 2 nitrogen and oxygen atoms in total. The number of benzene rings is 1. The Morgan fingerprint density at radius 2 is 1.86 bits per heavy atom. The molecule has 1 unspecified atom stereocenters. The Bertz CT molecular complexity index is 305. The van der Waals surface area contributed by atoms with Gasteiger partial charge in [-0.2, -0.15) is 0 Å². The molecule has 1 atom stereocenters. The van der Waals surface area contributed by atoms with Crippen LogP contribution in [-0.2, 0) is 10.2 Å². The number of ether oxygens (including phenoxy) is 1. The Labute approximate surface area is 85.5 Å². The highest BCUT2D eigenvalue weighted by molar-refractivity contribution is 5.38. The van der Waals surface area contributed by atoms with Gasteiger partial charge in [-0.3, -0.25) is 0 Å². The second kappa shape index (κ2) is 4.01. The van der Waals surface area contributed by atoms with Crippen molar-refractivity contribution in [2.45, 2.75) is 32.3 Å². The number of hydrogen-bond donors (Lipinski definition) is 1. The van der Waals surface area contributed by atoms with E-state index in [0.29, 0.717) is 5.75 Å². The van der Waals surface area contributed by atoms with E-state index in [2.05, 4.69) is 13.8 Å². The first-order valence-electron chi connectivity index (χ1n) is 4.81. The van der Waals surface area contributed by atoms with Gasteiger partial charge in [-0.15, -0.1) is 0 Å². The highest BCUT2D eigenvalue weighted by atomic mass is 16.5. The first kappa shape index (κ1) is 11.1. The SMILES string of the molecule is COC(C)C(C)(C)c1ccccc1O. The molecule has 1 aromatic carbocycles. The van der Waals surface area contributed by atoms with Crippen molar-refractivity contribution in [2.75, 3.05) is 7.11 Å². The van der Waals surface area contributed by atoms with Gasteiger partial charge in [0.25, 0.3) is 0 Å². The molecule has 78 valence electrons. The number of rotatable bonds is 3. The number of para-hydroxylation sites is 1. The van der Waals surface area contributed by atoms with Crippen LogP contribution in [0.2, 0.25) is 0 Å². The van der Waals surface area contributed by atoms with Crippen molar-refractivity contribution in [1.29, 1.82) is 0 Å². The van der Waals surface area contributed by atoms with E-state index in [4.69, 9.17) is 4.74 Å². The topological polar surface area (TPSA) is 29.5 Å². The minimum Gasteiger partial charge on any atom is -0.508 e. The van der Waals surface area contributed by atoms with Gasteiger partial charge in [0, 0.05) is 18.1 Å². The van der Waals surface area contributed by atoms with E-state index >= 15 is 0 Å². The second-order valence-electron chi connectivity index (χ2n) is 4.12. The molecule has 14 heavy (non-hydrogen) atoms.